The third-order valence-corrected chi connectivity index (χ3v) is 4.50. The Hall–Kier alpha value is -2.78. The van der Waals surface area contributed by atoms with E-state index < -0.39 is 16.9 Å². The highest BCUT2D eigenvalue weighted by Crippen LogP contribution is 2.28. The summed E-state index contributed by atoms with van der Waals surface area (Å²) in [5.74, 6) is -0.489. The molecule has 1 atom stereocenters. The number of nitro groups is 1. The number of esters is 1. The molecule has 0 saturated heterocycles. The van der Waals surface area contributed by atoms with Gasteiger partial charge in [-0.3, -0.25) is 14.9 Å². The second kappa shape index (κ2) is 7.85. The number of aromatic nitrogens is 2. The number of benzene rings is 1. The smallest absolute Gasteiger partial charge is 0.323 e. The van der Waals surface area contributed by atoms with E-state index in [1.165, 1.54) is 12.1 Å². The first-order valence-corrected chi connectivity index (χ1v) is 9.03. The molecule has 0 bridgehead atoms. The van der Waals surface area contributed by atoms with E-state index in [0.717, 1.165) is 10.2 Å². The Kier molecular flexibility index (Phi) is 5.52. The number of nitro benzene ring substituents is 1. The molecule has 27 heavy (non-hydrogen) atoms. The number of fused-ring (bicyclic) bond motifs is 1. The number of nitrogens with zero attached hydrogens (tertiary/aromatic N) is 3. The zero-order valence-corrected chi connectivity index (χ0v) is 16.0. The topological polar surface area (TPSA) is 113 Å². The number of imidazole rings is 1. The third kappa shape index (κ3) is 3.99. The fourth-order valence-electron chi connectivity index (χ4n) is 2.78. The Morgan fingerprint density at radius 3 is 2.67 bits per heavy atom. The average molecular weight is 433 g/mol. The lowest BCUT2D eigenvalue weighted by Gasteiger charge is -2.12. The van der Waals surface area contributed by atoms with Crippen LogP contribution in [0, 0.1) is 10.1 Å². The number of non-ortho nitro benzene ring substituents is 1. The molecule has 2 heterocycles. The van der Waals surface area contributed by atoms with Gasteiger partial charge in [-0.15, -0.1) is 0 Å². The maximum absolute atomic E-state index is 12.0. The van der Waals surface area contributed by atoms with Crippen molar-refractivity contribution in [2.24, 2.45) is 5.73 Å². The third-order valence-electron chi connectivity index (χ3n) is 4.04. The van der Waals surface area contributed by atoms with Crippen LogP contribution in [0.25, 0.3) is 16.9 Å². The van der Waals surface area contributed by atoms with Crippen LogP contribution in [0.1, 0.15) is 12.6 Å². The maximum Gasteiger partial charge on any atom is 0.323 e. The summed E-state index contributed by atoms with van der Waals surface area (Å²) in [5.41, 5.74) is 8.73. The van der Waals surface area contributed by atoms with Gasteiger partial charge in [0, 0.05) is 34.8 Å². The highest BCUT2D eigenvalue weighted by Gasteiger charge is 2.22. The predicted octanol–water partition coefficient (Wildman–Crippen LogP) is 3.10. The van der Waals surface area contributed by atoms with Gasteiger partial charge < -0.3 is 14.9 Å². The Morgan fingerprint density at radius 1 is 1.33 bits per heavy atom. The number of hydrogen-bond donors (Lipinski definition) is 1. The molecule has 0 saturated carbocycles. The molecule has 140 valence electrons. The summed E-state index contributed by atoms with van der Waals surface area (Å²) >= 11 is 3.43. The zero-order chi connectivity index (χ0) is 19.6. The van der Waals surface area contributed by atoms with E-state index in [1.807, 2.05) is 22.7 Å². The number of nitrogens with two attached hydrogens (primary N) is 1. The van der Waals surface area contributed by atoms with Crippen LogP contribution in [0.4, 0.5) is 5.69 Å². The van der Waals surface area contributed by atoms with Crippen LogP contribution < -0.4 is 5.73 Å². The summed E-state index contributed by atoms with van der Waals surface area (Å²) in [7, 11) is 0. The number of hydrogen-bond acceptors (Lipinski definition) is 6. The van der Waals surface area contributed by atoms with E-state index in [4.69, 9.17) is 10.5 Å². The van der Waals surface area contributed by atoms with Crippen molar-refractivity contribution in [2.75, 3.05) is 6.61 Å². The first kappa shape index (κ1) is 19.0. The van der Waals surface area contributed by atoms with Gasteiger partial charge in [0.2, 0.25) is 0 Å². The second-order valence-electron chi connectivity index (χ2n) is 5.85. The van der Waals surface area contributed by atoms with Crippen LogP contribution in [0.5, 0.6) is 0 Å². The molecule has 2 aromatic heterocycles. The van der Waals surface area contributed by atoms with Gasteiger partial charge in [-0.25, -0.2) is 4.98 Å². The molecule has 2 N–H and O–H groups in total. The molecule has 8 nitrogen and oxygen atoms in total. The molecule has 0 fully saturated rings. The highest BCUT2D eigenvalue weighted by molar-refractivity contribution is 9.10. The SMILES string of the molecule is CCOC(=O)C(N)Cc1c(-c2ccc([N+](=O)[O-])cc2)nc2ccc(Br)cn12. The molecule has 3 rings (SSSR count). The van der Waals surface area contributed by atoms with Crippen molar-refractivity contribution < 1.29 is 14.5 Å². The molecule has 1 aromatic carbocycles. The Balaban J connectivity index is 2.08. The van der Waals surface area contributed by atoms with Crippen molar-refractivity contribution in [3.8, 4) is 11.3 Å². The van der Waals surface area contributed by atoms with Gasteiger partial charge in [-0.1, -0.05) is 0 Å². The second-order valence-corrected chi connectivity index (χ2v) is 6.76. The monoisotopic (exact) mass is 432 g/mol. The predicted molar refractivity (Wildman–Crippen MR) is 103 cm³/mol. The summed E-state index contributed by atoms with van der Waals surface area (Å²) < 4.78 is 7.69. The molecule has 9 heteroatoms. The number of halogens is 1. The highest BCUT2D eigenvalue weighted by atomic mass is 79.9. The van der Waals surface area contributed by atoms with Crippen molar-refractivity contribution in [3.05, 3.63) is 62.9 Å². The van der Waals surface area contributed by atoms with Gasteiger partial charge in [0.1, 0.15) is 11.7 Å². The van der Waals surface area contributed by atoms with E-state index in [2.05, 4.69) is 20.9 Å². The van der Waals surface area contributed by atoms with E-state index in [1.54, 1.807) is 19.1 Å². The lowest BCUT2D eigenvalue weighted by atomic mass is 10.1. The number of ether oxygens (including phenoxy) is 1. The molecule has 0 aliphatic rings. The normalized spacial score (nSPS) is 12.1. The molecular weight excluding hydrogens is 416 g/mol. The van der Waals surface area contributed by atoms with Crippen molar-refractivity contribution >= 4 is 33.2 Å². The van der Waals surface area contributed by atoms with Crippen LogP contribution in [0.3, 0.4) is 0 Å². The summed E-state index contributed by atoms with van der Waals surface area (Å²) in [6.45, 7) is 1.97. The Bertz CT molecular complexity index is 1000. The molecule has 0 amide bonds. The van der Waals surface area contributed by atoms with Gasteiger partial charge in [-0.2, -0.15) is 0 Å². The number of rotatable bonds is 6. The van der Waals surface area contributed by atoms with Crippen LogP contribution in [-0.4, -0.2) is 32.9 Å². The molecule has 0 spiro atoms. The minimum atomic E-state index is -0.847. The standard InChI is InChI=1S/C18H17BrN4O4/c1-2-27-18(24)14(20)9-15-17(11-3-6-13(7-4-11)23(25)26)21-16-8-5-12(19)10-22(15)16/h3-8,10,14H,2,9,20H2,1H3. The lowest BCUT2D eigenvalue weighted by molar-refractivity contribution is -0.384. The fourth-order valence-corrected chi connectivity index (χ4v) is 3.11. The van der Waals surface area contributed by atoms with Crippen LogP contribution in [0.15, 0.2) is 47.1 Å². The number of carbonyl (C=O) groups excluding carboxylic acids is 1. The first-order valence-electron chi connectivity index (χ1n) is 8.24. The van der Waals surface area contributed by atoms with E-state index in [0.29, 0.717) is 16.9 Å². The van der Waals surface area contributed by atoms with Crippen molar-refractivity contribution in [1.29, 1.82) is 0 Å². The molecule has 0 radical (unpaired) electrons. The van der Waals surface area contributed by atoms with Gasteiger partial charge in [0.25, 0.3) is 5.69 Å². The minimum absolute atomic E-state index is 0.00460. The first-order chi connectivity index (χ1) is 12.9. The number of pyridine rings is 1. The van der Waals surface area contributed by atoms with Gasteiger partial charge in [-0.05, 0) is 47.1 Å². The fraction of sp³-hybridized carbons (Fsp3) is 0.222. The largest absolute Gasteiger partial charge is 0.465 e. The van der Waals surface area contributed by atoms with E-state index in [9.17, 15) is 14.9 Å². The van der Waals surface area contributed by atoms with E-state index in [-0.39, 0.29) is 18.7 Å². The molecular formula is C18H17BrN4O4. The molecule has 0 aliphatic heterocycles. The molecule has 0 aliphatic carbocycles. The van der Waals surface area contributed by atoms with Crippen molar-refractivity contribution in [3.63, 3.8) is 0 Å². The lowest BCUT2D eigenvalue weighted by Crippen LogP contribution is -2.34. The quantitative estimate of drug-likeness (QED) is 0.363. The Labute approximate surface area is 163 Å². The van der Waals surface area contributed by atoms with Gasteiger partial charge >= 0.3 is 5.97 Å². The van der Waals surface area contributed by atoms with Gasteiger partial charge in [0.15, 0.2) is 0 Å². The molecule has 1 unspecified atom stereocenters. The van der Waals surface area contributed by atoms with E-state index >= 15 is 0 Å². The minimum Gasteiger partial charge on any atom is -0.465 e. The number of carbonyl (C=O) groups is 1. The summed E-state index contributed by atoms with van der Waals surface area (Å²) in [5, 5.41) is 10.9. The van der Waals surface area contributed by atoms with Crippen molar-refractivity contribution in [2.45, 2.75) is 19.4 Å². The zero-order valence-electron chi connectivity index (χ0n) is 14.5. The summed E-state index contributed by atoms with van der Waals surface area (Å²) in [6.07, 6.45) is 2.05. The van der Waals surface area contributed by atoms with Crippen LogP contribution >= 0.6 is 15.9 Å². The maximum atomic E-state index is 12.0. The van der Waals surface area contributed by atoms with Crippen molar-refractivity contribution in [1.82, 2.24) is 9.38 Å². The summed E-state index contributed by atoms with van der Waals surface area (Å²) in [4.78, 5) is 27.0. The van der Waals surface area contributed by atoms with Gasteiger partial charge in [0.05, 0.1) is 22.9 Å². The van der Waals surface area contributed by atoms with Crippen LogP contribution in [0.2, 0.25) is 0 Å². The molecule has 3 aromatic rings. The average Bonchev–Trinajstić information content (AvgIpc) is 2.99. The Morgan fingerprint density at radius 2 is 2.04 bits per heavy atom. The summed E-state index contributed by atoms with van der Waals surface area (Å²) in [6, 6.07) is 8.95. The van der Waals surface area contributed by atoms with Crippen LogP contribution in [-0.2, 0) is 16.0 Å².